The normalized spacial score (nSPS) is 25.8. The maximum atomic E-state index is 10.5. The highest BCUT2D eigenvalue weighted by Crippen LogP contribution is 2.20. The third-order valence-corrected chi connectivity index (χ3v) is 2.10. The standard InChI is InChI=1S/C7H4BrN3O/c8-4-1-5-6(3-12)10-11-7(5)9-2-4/h1-3,5H/t5-/m1/s1. The lowest BCUT2D eigenvalue weighted by Crippen LogP contribution is -2.20. The quantitative estimate of drug-likeness (QED) is 0.613. The summed E-state index contributed by atoms with van der Waals surface area (Å²) in [5.41, 5.74) is 0.416. The van der Waals surface area contributed by atoms with Crippen molar-refractivity contribution in [1.29, 1.82) is 0 Å². The van der Waals surface area contributed by atoms with Gasteiger partial charge in [-0.05, 0) is 15.9 Å². The van der Waals surface area contributed by atoms with E-state index < -0.39 is 0 Å². The van der Waals surface area contributed by atoms with Crippen LogP contribution in [0.1, 0.15) is 0 Å². The molecular formula is C7H4BrN3O. The zero-order valence-electron chi connectivity index (χ0n) is 5.94. The Bertz CT molecular complexity index is 342. The second-order valence-electron chi connectivity index (χ2n) is 2.39. The van der Waals surface area contributed by atoms with Crippen molar-refractivity contribution in [3.63, 3.8) is 0 Å². The third kappa shape index (κ3) is 1.06. The summed E-state index contributed by atoms with van der Waals surface area (Å²) in [6, 6.07) is 0. The van der Waals surface area contributed by atoms with Gasteiger partial charge in [0.1, 0.15) is 5.71 Å². The fraction of sp³-hybridized carbons (Fsp3) is 0.143. The number of aliphatic imine (C=N–C) groups is 1. The molecule has 2 heterocycles. The Morgan fingerprint density at radius 1 is 1.50 bits per heavy atom. The van der Waals surface area contributed by atoms with Crippen molar-refractivity contribution in [2.75, 3.05) is 0 Å². The number of carbonyl (C=O) groups excluding carboxylic acids is 1. The van der Waals surface area contributed by atoms with E-state index in [1.54, 1.807) is 6.21 Å². The van der Waals surface area contributed by atoms with Gasteiger partial charge in [-0.1, -0.05) is 6.08 Å². The molecule has 5 heteroatoms. The lowest BCUT2D eigenvalue weighted by atomic mass is 10.0. The third-order valence-electron chi connectivity index (χ3n) is 1.63. The minimum atomic E-state index is -0.151. The SMILES string of the molecule is O=CC1=NN=C2N=CC(Br)=C[C@H]12. The van der Waals surface area contributed by atoms with Crippen LogP contribution in [0, 0.1) is 5.92 Å². The summed E-state index contributed by atoms with van der Waals surface area (Å²) in [6.45, 7) is 0. The summed E-state index contributed by atoms with van der Waals surface area (Å²) in [6.07, 6.45) is 4.20. The van der Waals surface area contributed by atoms with E-state index in [9.17, 15) is 4.79 Å². The fourth-order valence-electron chi connectivity index (χ4n) is 1.06. The molecule has 0 saturated heterocycles. The molecule has 60 valence electrons. The minimum Gasteiger partial charge on any atom is -0.296 e. The molecule has 2 aliphatic rings. The van der Waals surface area contributed by atoms with Crippen LogP contribution in [0.25, 0.3) is 0 Å². The first-order chi connectivity index (χ1) is 5.81. The number of aldehydes is 1. The molecule has 0 fully saturated rings. The topological polar surface area (TPSA) is 54.1 Å². The molecule has 0 radical (unpaired) electrons. The van der Waals surface area contributed by atoms with Gasteiger partial charge in [-0.25, -0.2) is 4.99 Å². The van der Waals surface area contributed by atoms with E-state index in [2.05, 4.69) is 31.1 Å². The van der Waals surface area contributed by atoms with Crippen LogP contribution < -0.4 is 0 Å². The number of carbonyl (C=O) groups is 1. The molecule has 0 aromatic carbocycles. The van der Waals surface area contributed by atoms with Crippen LogP contribution in [0.5, 0.6) is 0 Å². The monoisotopic (exact) mass is 225 g/mol. The number of nitrogens with zero attached hydrogens (tertiary/aromatic N) is 3. The van der Waals surface area contributed by atoms with Gasteiger partial charge in [0.2, 0.25) is 0 Å². The van der Waals surface area contributed by atoms with Crippen LogP contribution in [-0.4, -0.2) is 24.0 Å². The van der Waals surface area contributed by atoms with E-state index in [-0.39, 0.29) is 5.92 Å². The Labute approximate surface area is 76.9 Å². The van der Waals surface area contributed by atoms with Gasteiger partial charge >= 0.3 is 0 Å². The largest absolute Gasteiger partial charge is 0.296 e. The molecule has 0 unspecified atom stereocenters. The zero-order valence-corrected chi connectivity index (χ0v) is 7.52. The Morgan fingerprint density at radius 2 is 2.33 bits per heavy atom. The van der Waals surface area contributed by atoms with Crippen molar-refractivity contribution in [1.82, 2.24) is 0 Å². The highest BCUT2D eigenvalue weighted by molar-refractivity contribution is 9.12. The van der Waals surface area contributed by atoms with Gasteiger partial charge in [-0.3, -0.25) is 4.79 Å². The van der Waals surface area contributed by atoms with Crippen molar-refractivity contribution >= 4 is 40.0 Å². The smallest absolute Gasteiger partial charge is 0.167 e. The Kier molecular flexibility index (Phi) is 1.73. The van der Waals surface area contributed by atoms with E-state index in [0.717, 1.165) is 4.48 Å². The Hall–Kier alpha value is -1.10. The van der Waals surface area contributed by atoms with Crippen LogP contribution in [0.15, 0.2) is 25.8 Å². The van der Waals surface area contributed by atoms with E-state index >= 15 is 0 Å². The number of allylic oxidation sites excluding steroid dienone is 1. The average molecular weight is 226 g/mol. The molecule has 0 amide bonds. The molecule has 4 nitrogen and oxygen atoms in total. The van der Waals surface area contributed by atoms with Gasteiger partial charge < -0.3 is 0 Å². The van der Waals surface area contributed by atoms with Crippen molar-refractivity contribution in [3.8, 4) is 0 Å². The number of halogens is 1. The summed E-state index contributed by atoms with van der Waals surface area (Å²) >= 11 is 3.27. The van der Waals surface area contributed by atoms with Crippen LogP contribution in [0.2, 0.25) is 0 Å². The first kappa shape index (κ1) is 7.54. The lowest BCUT2D eigenvalue weighted by molar-refractivity contribution is -0.102. The van der Waals surface area contributed by atoms with Gasteiger partial charge in [0.25, 0.3) is 0 Å². The van der Waals surface area contributed by atoms with Gasteiger partial charge in [0.15, 0.2) is 12.1 Å². The Morgan fingerprint density at radius 3 is 3.08 bits per heavy atom. The van der Waals surface area contributed by atoms with Gasteiger partial charge in [0.05, 0.1) is 5.92 Å². The molecule has 2 aliphatic heterocycles. The van der Waals surface area contributed by atoms with Crippen molar-refractivity contribution in [2.45, 2.75) is 0 Å². The molecule has 0 bridgehead atoms. The summed E-state index contributed by atoms with van der Waals surface area (Å²) in [5, 5.41) is 7.44. The molecule has 0 aliphatic carbocycles. The molecular weight excluding hydrogens is 222 g/mol. The number of fused-ring (bicyclic) bond motifs is 1. The lowest BCUT2D eigenvalue weighted by Gasteiger charge is -2.07. The van der Waals surface area contributed by atoms with Gasteiger partial charge in [-0.15, -0.1) is 10.2 Å². The fourth-order valence-corrected chi connectivity index (χ4v) is 1.43. The van der Waals surface area contributed by atoms with Gasteiger partial charge in [-0.2, -0.15) is 0 Å². The number of hydrogen-bond donors (Lipinski definition) is 0. The van der Waals surface area contributed by atoms with E-state index in [1.807, 2.05) is 6.08 Å². The first-order valence-corrected chi connectivity index (χ1v) is 4.12. The van der Waals surface area contributed by atoms with Crippen molar-refractivity contribution in [2.24, 2.45) is 21.1 Å². The van der Waals surface area contributed by atoms with Crippen LogP contribution in [-0.2, 0) is 4.79 Å². The summed E-state index contributed by atoms with van der Waals surface area (Å²) in [5.74, 6) is 0.433. The molecule has 0 aromatic rings. The molecule has 0 spiro atoms. The average Bonchev–Trinajstić information content (AvgIpc) is 2.46. The zero-order chi connectivity index (χ0) is 8.55. The Balaban J connectivity index is 2.37. The number of dihydropyridines is 1. The molecule has 0 saturated carbocycles. The number of amidine groups is 1. The van der Waals surface area contributed by atoms with Crippen LogP contribution in [0.3, 0.4) is 0 Å². The second-order valence-corrected chi connectivity index (χ2v) is 3.30. The van der Waals surface area contributed by atoms with Crippen molar-refractivity contribution in [3.05, 3.63) is 10.6 Å². The molecule has 0 N–H and O–H groups in total. The van der Waals surface area contributed by atoms with Gasteiger partial charge in [0, 0.05) is 10.7 Å². The van der Waals surface area contributed by atoms with E-state index in [4.69, 9.17) is 0 Å². The maximum Gasteiger partial charge on any atom is 0.167 e. The summed E-state index contributed by atoms with van der Waals surface area (Å²) in [4.78, 5) is 14.5. The first-order valence-electron chi connectivity index (χ1n) is 3.33. The highest BCUT2D eigenvalue weighted by Gasteiger charge is 2.26. The summed E-state index contributed by atoms with van der Waals surface area (Å²) < 4.78 is 0.850. The van der Waals surface area contributed by atoms with Crippen LogP contribution >= 0.6 is 15.9 Å². The molecule has 2 rings (SSSR count). The molecule has 0 aromatic heterocycles. The predicted octanol–water partition coefficient (Wildman–Crippen LogP) is 0.933. The van der Waals surface area contributed by atoms with E-state index in [0.29, 0.717) is 17.8 Å². The summed E-state index contributed by atoms with van der Waals surface area (Å²) in [7, 11) is 0. The van der Waals surface area contributed by atoms with Crippen molar-refractivity contribution < 1.29 is 4.79 Å². The number of rotatable bonds is 1. The van der Waals surface area contributed by atoms with Crippen LogP contribution in [0.4, 0.5) is 0 Å². The second kappa shape index (κ2) is 2.75. The minimum absolute atomic E-state index is 0.151. The number of hydrogen-bond acceptors (Lipinski definition) is 4. The maximum absolute atomic E-state index is 10.5. The van der Waals surface area contributed by atoms with E-state index in [1.165, 1.54) is 0 Å². The molecule has 1 atom stereocenters. The molecule has 12 heavy (non-hydrogen) atoms. The predicted molar refractivity (Wildman–Crippen MR) is 49.9 cm³/mol. The highest BCUT2D eigenvalue weighted by atomic mass is 79.9.